The molecule has 2 aromatic rings. The lowest BCUT2D eigenvalue weighted by molar-refractivity contribution is 0.207. The molecule has 0 saturated carbocycles. The zero-order chi connectivity index (χ0) is 20.7. The molecule has 0 aromatic heterocycles. The summed E-state index contributed by atoms with van der Waals surface area (Å²) in [4.78, 5) is 14.2. The van der Waals surface area contributed by atoms with Crippen LogP contribution in [0.2, 0.25) is 5.02 Å². The number of ether oxygens (including phenoxy) is 2. The van der Waals surface area contributed by atoms with E-state index in [1.807, 2.05) is 42.5 Å². The highest BCUT2D eigenvalue weighted by Crippen LogP contribution is 2.28. The summed E-state index contributed by atoms with van der Waals surface area (Å²) in [5.41, 5.74) is 2.02. The van der Waals surface area contributed by atoms with Gasteiger partial charge in [-0.25, -0.2) is 4.79 Å². The fraction of sp³-hybridized carbons (Fsp3) is 0.409. The Morgan fingerprint density at radius 2 is 1.71 bits per heavy atom. The van der Waals surface area contributed by atoms with Crippen LogP contribution in [0.15, 0.2) is 42.5 Å². The van der Waals surface area contributed by atoms with E-state index in [-0.39, 0.29) is 11.4 Å². The number of nitrogens with zero attached hydrogens (tertiary/aromatic N) is 1. The van der Waals surface area contributed by atoms with Crippen molar-refractivity contribution in [1.29, 1.82) is 0 Å². The second kappa shape index (κ2) is 9.69. The lowest BCUT2D eigenvalue weighted by Gasteiger charge is -2.27. The molecule has 6 heteroatoms. The maximum Gasteiger partial charge on any atom is 0.317 e. The van der Waals surface area contributed by atoms with E-state index in [4.69, 9.17) is 21.1 Å². The van der Waals surface area contributed by atoms with Crippen molar-refractivity contribution >= 4 is 17.6 Å². The highest BCUT2D eigenvalue weighted by Gasteiger charge is 2.22. The van der Waals surface area contributed by atoms with Crippen molar-refractivity contribution < 1.29 is 14.3 Å². The van der Waals surface area contributed by atoms with Crippen LogP contribution in [0.1, 0.15) is 25.0 Å². The van der Waals surface area contributed by atoms with Crippen molar-refractivity contribution in [3.05, 3.63) is 58.6 Å². The minimum atomic E-state index is -0.190. The fourth-order valence-corrected chi connectivity index (χ4v) is 3.00. The molecule has 0 heterocycles. The van der Waals surface area contributed by atoms with Crippen LogP contribution in [0.4, 0.5) is 4.79 Å². The van der Waals surface area contributed by atoms with E-state index in [1.54, 1.807) is 26.2 Å². The first-order chi connectivity index (χ1) is 13.3. The number of rotatable bonds is 8. The number of urea groups is 1. The third kappa shape index (κ3) is 5.80. The Morgan fingerprint density at radius 1 is 1.07 bits per heavy atom. The van der Waals surface area contributed by atoms with E-state index < -0.39 is 0 Å². The van der Waals surface area contributed by atoms with Crippen molar-refractivity contribution in [2.75, 3.05) is 34.4 Å². The Labute approximate surface area is 172 Å². The zero-order valence-electron chi connectivity index (χ0n) is 17.2. The van der Waals surface area contributed by atoms with Gasteiger partial charge in [0.2, 0.25) is 0 Å². The maximum atomic E-state index is 12.5. The van der Waals surface area contributed by atoms with E-state index in [9.17, 15) is 4.79 Å². The Balaban J connectivity index is 1.88. The summed E-state index contributed by atoms with van der Waals surface area (Å²) in [7, 11) is 5.02. The van der Waals surface area contributed by atoms with Crippen LogP contribution in [-0.4, -0.2) is 45.3 Å². The molecule has 0 radical (unpaired) electrons. The monoisotopic (exact) mass is 404 g/mol. The van der Waals surface area contributed by atoms with E-state index in [0.29, 0.717) is 29.6 Å². The number of nitrogens with one attached hydrogen (secondary N) is 1. The molecule has 0 unspecified atom stereocenters. The molecule has 0 aliphatic rings. The Hall–Kier alpha value is -2.40. The van der Waals surface area contributed by atoms with Crippen molar-refractivity contribution in [3.8, 4) is 11.5 Å². The van der Waals surface area contributed by atoms with Crippen LogP contribution in [0.5, 0.6) is 11.5 Å². The van der Waals surface area contributed by atoms with Gasteiger partial charge in [-0.15, -0.1) is 0 Å². The first-order valence-corrected chi connectivity index (χ1v) is 9.60. The van der Waals surface area contributed by atoms with Crippen molar-refractivity contribution in [2.24, 2.45) is 0 Å². The lowest BCUT2D eigenvalue weighted by Crippen LogP contribution is -2.43. The van der Waals surface area contributed by atoms with Crippen molar-refractivity contribution in [1.82, 2.24) is 10.2 Å². The van der Waals surface area contributed by atoms with Crippen LogP contribution < -0.4 is 14.8 Å². The van der Waals surface area contributed by atoms with Gasteiger partial charge in [0, 0.05) is 30.6 Å². The molecule has 0 saturated heterocycles. The summed E-state index contributed by atoms with van der Waals surface area (Å²) >= 11 is 5.96. The molecule has 0 aliphatic heterocycles. The number of methoxy groups -OCH3 is 2. The smallest absolute Gasteiger partial charge is 0.317 e. The predicted octanol–water partition coefficient (Wildman–Crippen LogP) is 4.52. The van der Waals surface area contributed by atoms with Crippen LogP contribution in [0, 0.1) is 0 Å². The Kier molecular flexibility index (Phi) is 7.58. The van der Waals surface area contributed by atoms with Crippen LogP contribution in [-0.2, 0) is 11.8 Å². The van der Waals surface area contributed by atoms with Gasteiger partial charge in [-0.1, -0.05) is 43.6 Å². The molecule has 0 aliphatic carbocycles. The number of halogens is 1. The molecule has 5 nitrogen and oxygen atoms in total. The largest absolute Gasteiger partial charge is 0.493 e. The second-order valence-corrected chi connectivity index (χ2v) is 7.85. The maximum absolute atomic E-state index is 12.5. The summed E-state index contributed by atoms with van der Waals surface area (Å²) in [6, 6.07) is 13.4. The van der Waals surface area contributed by atoms with E-state index in [0.717, 1.165) is 17.5 Å². The van der Waals surface area contributed by atoms with Crippen molar-refractivity contribution in [3.63, 3.8) is 0 Å². The summed E-state index contributed by atoms with van der Waals surface area (Å²) in [6.45, 7) is 5.33. The molecule has 2 amide bonds. The highest BCUT2D eigenvalue weighted by atomic mass is 35.5. The van der Waals surface area contributed by atoms with Gasteiger partial charge < -0.3 is 19.7 Å². The minimum absolute atomic E-state index is 0.0949. The normalized spacial score (nSPS) is 11.1. The number of carbonyl (C=O) groups is 1. The molecule has 2 rings (SSSR count). The number of amides is 2. The third-order valence-electron chi connectivity index (χ3n) is 4.84. The number of hydrogen-bond donors (Lipinski definition) is 1. The summed E-state index contributed by atoms with van der Waals surface area (Å²) < 4.78 is 10.6. The van der Waals surface area contributed by atoms with Gasteiger partial charge in [0.1, 0.15) is 0 Å². The van der Waals surface area contributed by atoms with Crippen LogP contribution >= 0.6 is 11.6 Å². The Bertz CT molecular complexity index is 791. The van der Waals surface area contributed by atoms with Crippen LogP contribution in [0.25, 0.3) is 0 Å². The van der Waals surface area contributed by atoms with Gasteiger partial charge in [-0.05, 0) is 41.8 Å². The summed E-state index contributed by atoms with van der Waals surface area (Å²) in [5, 5.41) is 3.73. The molecular weight excluding hydrogens is 376 g/mol. The highest BCUT2D eigenvalue weighted by molar-refractivity contribution is 6.30. The summed E-state index contributed by atoms with van der Waals surface area (Å²) in [6.07, 6.45) is 0.727. The average molecular weight is 405 g/mol. The number of hydrogen-bond acceptors (Lipinski definition) is 3. The van der Waals surface area contributed by atoms with Gasteiger partial charge in [0.15, 0.2) is 11.5 Å². The minimum Gasteiger partial charge on any atom is -0.493 e. The van der Waals surface area contributed by atoms with Gasteiger partial charge in [-0.2, -0.15) is 0 Å². The van der Waals surface area contributed by atoms with Gasteiger partial charge in [-0.3, -0.25) is 0 Å². The topological polar surface area (TPSA) is 50.8 Å². The first-order valence-electron chi connectivity index (χ1n) is 9.22. The molecule has 2 aromatic carbocycles. The number of likely N-dealkylation sites (N-methyl/N-ethyl adjacent to an activating group) is 1. The predicted molar refractivity (Wildman–Crippen MR) is 114 cm³/mol. The number of benzene rings is 2. The molecule has 152 valence electrons. The van der Waals surface area contributed by atoms with Gasteiger partial charge in [0.05, 0.1) is 14.2 Å². The fourth-order valence-electron chi connectivity index (χ4n) is 2.87. The second-order valence-electron chi connectivity index (χ2n) is 7.41. The molecule has 0 atom stereocenters. The zero-order valence-corrected chi connectivity index (χ0v) is 18.0. The summed E-state index contributed by atoms with van der Waals surface area (Å²) in [5.74, 6) is 1.39. The van der Waals surface area contributed by atoms with Gasteiger partial charge >= 0.3 is 6.03 Å². The standard InChI is InChI=1S/C22H29ClN2O3/c1-22(2,17-7-9-18(23)10-8-17)15-24-21(26)25(3)13-12-16-6-11-19(27-4)20(14-16)28-5/h6-11,14H,12-13,15H2,1-5H3,(H,24,26). The Morgan fingerprint density at radius 3 is 2.32 bits per heavy atom. The SMILES string of the molecule is COc1ccc(CCN(C)C(=O)NCC(C)(C)c2ccc(Cl)cc2)cc1OC. The quantitative estimate of drug-likeness (QED) is 0.703. The third-order valence-corrected chi connectivity index (χ3v) is 5.09. The van der Waals surface area contributed by atoms with E-state index in [2.05, 4.69) is 19.2 Å². The molecule has 0 bridgehead atoms. The first kappa shape index (κ1) is 21.9. The van der Waals surface area contributed by atoms with Crippen molar-refractivity contribution in [2.45, 2.75) is 25.7 Å². The molecular formula is C22H29ClN2O3. The van der Waals surface area contributed by atoms with E-state index in [1.165, 1.54) is 0 Å². The molecule has 1 N–H and O–H groups in total. The lowest BCUT2D eigenvalue weighted by atomic mass is 9.85. The molecule has 28 heavy (non-hydrogen) atoms. The van der Waals surface area contributed by atoms with Crippen LogP contribution in [0.3, 0.4) is 0 Å². The molecule has 0 spiro atoms. The van der Waals surface area contributed by atoms with Gasteiger partial charge in [0.25, 0.3) is 0 Å². The number of carbonyl (C=O) groups excluding carboxylic acids is 1. The molecule has 0 fully saturated rings. The average Bonchev–Trinajstić information content (AvgIpc) is 2.70. The van der Waals surface area contributed by atoms with E-state index >= 15 is 0 Å².